The van der Waals surface area contributed by atoms with Crippen molar-refractivity contribution in [1.29, 1.82) is 0 Å². The summed E-state index contributed by atoms with van der Waals surface area (Å²) in [6, 6.07) is 19.3. The Morgan fingerprint density at radius 1 is 1.04 bits per heavy atom. The number of hydrogen-bond acceptors (Lipinski definition) is 4. The highest BCUT2D eigenvalue weighted by Gasteiger charge is 2.12. The van der Waals surface area contributed by atoms with Gasteiger partial charge in [-0.05, 0) is 11.1 Å². The number of carbonyl (C=O) groups is 1. The molecule has 2 aromatic carbocycles. The predicted molar refractivity (Wildman–Crippen MR) is 94.0 cm³/mol. The molecular weight excluding hydrogens is 304 g/mol. The van der Waals surface area contributed by atoms with Gasteiger partial charge in [-0.15, -0.1) is 5.16 Å². The van der Waals surface area contributed by atoms with E-state index in [4.69, 9.17) is 9.94 Å². The maximum absolute atomic E-state index is 12.2. The van der Waals surface area contributed by atoms with Crippen LogP contribution in [-0.4, -0.2) is 35.5 Å². The summed E-state index contributed by atoms with van der Waals surface area (Å²) >= 11 is 0. The molecule has 0 radical (unpaired) electrons. The van der Waals surface area contributed by atoms with E-state index < -0.39 is 6.09 Å². The van der Waals surface area contributed by atoms with Gasteiger partial charge in [0.15, 0.2) is 0 Å². The molecule has 0 atom stereocenters. The number of amides is 1. The third-order valence-corrected chi connectivity index (χ3v) is 3.28. The van der Waals surface area contributed by atoms with Gasteiger partial charge in [-0.25, -0.2) is 4.79 Å². The van der Waals surface area contributed by atoms with Crippen LogP contribution in [0.5, 0.6) is 0 Å². The van der Waals surface area contributed by atoms with E-state index in [0.717, 1.165) is 11.1 Å². The molecule has 1 N–H and O–H groups in total. The second kappa shape index (κ2) is 9.84. The number of hydrogen-bond donors (Lipinski definition) is 1. The van der Waals surface area contributed by atoms with E-state index in [1.807, 2.05) is 72.8 Å². The van der Waals surface area contributed by atoms with E-state index >= 15 is 0 Å². The molecule has 0 fully saturated rings. The van der Waals surface area contributed by atoms with E-state index in [0.29, 0.717) is 6.54 Å². The predicted octanol–water partition coefficient (Wildman–Crippen LogP) is 3.80. The average molecular weight is 324 g/mol. The topological polar surface area (TPSA) is 62.1 Å². The van der Waals surface area contributed by atoms with Crippen LogP contribution in [0.2, 0.25) is 0 Å². The standard InChI is InChI=1S/C19H20N2O3/c22-19(24-16-18-10-5-2-6-11-18)21(15-13-20-23)14-7-12-17-8-3-1-4-9-17/h1-13,23H,14-16H2/b12-7+,20-13+. The third kappa shape index (κ3) is 5.96. The van der Waals surface area contributed by atoms with E-state index in [2.05, 4.69) is 5.16 Å². The quantitative estimate of drug-likeness (QED) is 0.479. The molecule has 0 saturated carbocycles. The fraction of sp³-hybridized carbons (Fsp3) is 0.158. The van der Waals surface area contributed by atoms with Crippen molar-refractivity contribution >= 4 is 18.4 Å². The van der Waals surface area contributed by atoms with Crippen LogP contribution in [0.3, 0.4) is 0 Å². The summed E-state index contributed by atoms with van der Waals surface area (Å²) in [7, 11) is 0. The number of benzene rings is 2. The number of ether oxygens (including phenoxy) is 1. The van der Waals surface area contributed by atoms with Gasteiger partial charge in [-0.1, -0.05) is 72.8 Å². The van der Waals surface area contributed by atoms with Crippen molar-refractivity contribution in [3.05, 3.63) is 77.9 Å². The Balaban J connectivity index is 1.91. The molecule has 5 nitrogen and oxygen atoms in total. The van der Waals surface area contributed by atoms with Gasteiger partial charge >= 0.3 is 6.09 Å². The van der Waals surface area contributed by atoms with Crippen molar-refractivity contribution in [3.63, 3.8) is 0 Å². The molecule has 24 heavy (non-hydrogen) atoms. The number of rotatable bonds is 7. The molecule has 0 saturated heterocycles. The molecule has 0 aliphatic carbocycles. The van der Waals surface area contributed by atoms with Gasteiger partial charge in [-0.3, -0.25) is 4.90 Å². The summed E-state index contributed by atoms with van der Waals surface area (Å²) in [5.74, 6) is 0. The lowest BCUT2D eigenvalue weighted by Gasteiger charge is -2.18. The zero-order valence-corrected chi connectivity index (χ0v) is 13.3. The van der Waals surface area contributed by atoms with E-state index in [1.165, 1.54) is 11.1 Å². The Labute approximate surface area is 141 Å². The SMILES string of the molecule is O=C(OCc1ccccc1)N(C/C=C/c1ccccc1)C/C=N/O. The smallest absolute Gasteiger partial charge is 0.410 e. The van der Waals surface area contributed by atoms with Crippen molar-refractivity contribution in [3.8, 4) is 0 Å². The van der Waals surface area contributed by atoms with Crippen molar-refractivity contribution < 1.29 is 14.7 Å². The Bertz CT molecular complexity index is 670. The largest absolute Gasteiger partial charge is 0.445 e. The van der Waals surface area contributed by atoms with Crippen LogP contribution in [0.1, 0.15) is 11.1 Å². The fourth-order valence-corrected chi connectivity index (χ4v) is 2.05. The van der Waals surface area contributed by atoms with Gasteiger partial charge < -0.3 is 9.94 Å². The second-order valence-electron chi connectivity index (χ2n) is 5.06. The van der Waals surface area contributed by atoms with Gasteiger partial charge in [-0.2, -0.15) is 0 Å². The van der Waals surface area contributed by atoms with Crippen molar-refractivity contribution in [2.24, 2.45) is 5.16 Å². The number of nitrogens with zero attached hydrogens (tertiary/aromatic N) is 2. The Kier molecular flexibility index (Phi) is 7.08. The first-order valence-electron chi connectivity index (χ1n) is 7.62. The third-order valence-electron chi connectivity index (χ3n) is 3.28. The molecule has 0 unspecified atom stereocenters. The average Bonchev–Trinajstić information content (AvgIpc) is 2.64. The minimum Gasteiger partial charge on any atom is -0.445 e. The van der Waals surface area contributed by atoms with Crippen LogP contribution in [0.15, 0.2) is 71.9 Å². The van der Waals surface area contributed by atoms with Gasteiger partial charge in [0.25, 0.3) is 0 Å². The highest BCUT2D eigenvalue weighted by Crippen LogP contribution is 2.05. The summed E-state index contributed by atoms with van der Waals surface area (Å²) in [4.78, 5) is 13.6. The van der Waals surface area contributed by atoms with Crippen LogP contribution >= 0.6 is 0 Å². The molecule has 124 valence electrons. The summed E-state index contributed by atoms with van der Waals surface area (Å²) < 4.78 is 5.30. The minimum atomic E-state index is -0.462. The van der Waals surface area contributed by atoms with Gasteiger partial charge in [0.1, 0.15) is 6.61 Å². The first-order valence-corrected chi connectivity index (χ1v) is 7.62. The molecule has 0 spiro atoms. The Morgan fingerprint density at radius 2 is 1.71 bits per heavy atom. The van der Waals surface area contributed by atoms with Crippen molar-refractivity contribution in [2.45, 2.75) is 6.61 Å². The number of oxime groups is 1. The van der Waals surface area contributed by atoms with Gasteiger partial charge in [0.2, 0.25) is 0 Å². The molecule has 0 bridgehead atoms. The maximum Gasteiger partial charge on any atom is 0.410 e. The molecule has 2 rings (SSSR count). The maximum atomic E-state index is 12.2. The summed E-state index contributed by atoms with van der Waals surface area (Å²) in [6.07, 6.45) is 4.58. The summed E-state index contributed by atoms with van der Waals surface area (Å²) in [5, 5.41) is 11.5. The van der Waals surface area contributed by atoms with E-state index in [9.17, 15) is 4.79 Å². The number of carbonyl (C=O) groups excluding carboxylic acids is 1. The zero-order chi connectivity index (χ0) is 17.0. The van der Waals surface area contributed by atoms with Crippen LogP contribution < -0.4 is 0 Å². The lowest BCUT2D eigenvalue weighted by atomic mass is 10.2. The highest BCUT2D eigenvalue weighted by molar-refractivity contribution is 5.73. The molecule has 0 aromatic heterocycles. The fourth-order valence-electron chi connectivity index (χ4n) is 2.05. The van der Waals surface area contributed by atoms with E-state index in [-0.39, 0.29) is 13.2 Å². The monoisotopic (exact) mass is 324 g/mol. The highest BCUT2D eigenvalue weighted by atomic mass is 16.6. The second-order valence-corrected chi connectivity index (χ2v) is 5.06. The molecule has 0 heterocycles. The Morgan fingerprint density at radius 3 is 2.38 bits per heavy atom. The first kappa shape index (κ1) is 17.3. The van der Waals surface area contributed by atoms with Gasteiger partial charge in [0, 0.05) is 6.54 Å². The molecular formula is C19H20N2O3. The minimum absolute atomic E-state index is 0.170. The summed E-state index contributed by atoms with van der Waals surface area (Å²) in [6.45, 7) is 0.729. The molecule has 2 aromatic rings. The molecule has 5 heteroatoms. The Hall–Kier alpha value is -3.08. The van der Waals surface area contributed by atoms with E-state index in [1.54, 1.807) is 0 Å². The normalized spacial score (nSPS) is 11.0. The zero-order valence-electron chi connectivity index (χ0n) is 13.3. The summed E-state index contributed by atoms with van der Waals surface area (Å²) in [5.41, 5.74) is 1.97. The van der Waals surface area contributed by atoms with Crippen LogP contribution in [0.25, 0.3) is 6.08 Å². The first-order chi connectivity index (χ1) is 11.8. The van der Waals surface area contributed by atoms with Crippen LogP contribution in [0, 0.1) is 0 Å². The van der Waals surface area contributed by atoms with Crippen molar-refractivity contribution in [2.75, 3.05) is 13.1 Å². The van der Waals surface area contributed by atoms with Crippen LogP contribution in [0.4, 0.5) is 4.79 Å². The van der Waals surface area contributed by atoms with Gasteiger partial charge in [0.05, 0.1) is 12.8 Å². The van der Waals surface area contributed by atoms with Crippen molar-refractivity contribution in [1.82, 2.24) is 4.90 Å². The lowest BCUT2D eigenvalue weighted by molar-refractivity contribution is 0.105. The molecule has 1 amide bonds. The lowest BCUT2D eigenvalue weighted by Crippen LogP contribution is -2.33. The molecule has 0 aliphatic rings. The molecule has 0 aliphatic heterocycles. The van der Waals surface area contributed by atoms with Crippen LogP contribution in [-0.2, 0) is 11.3 Å².